The highest BCUT2D eigenvalue weighted by molar-refractivity contribution is 6.36. The summed E-state index contributed by atoms with van der Waals surface area (Å²) >= 11 is 11.8. The summed E-state index contributed by atoms with van der Waals surface area (Å²) in [6.45, 7) is 0.284. The van der Waals surface area contributed by atoms with Crippen LogP contribution in [0.1, 0.15) is 21.0 Å². The Kier molecular flexibility index (Phi) is 6.23. The van der Waals surface area contributed by atoms with Gasteiger partial charge >= 0.3 is 11.8 Å². The van der Waals surface area contributed by atoms with E-state index in [-0.39, 0.29) is 35.4 Å². The molecule has 0 saturated carbocycles. The van der Waals surface area contributed by atoms with Crippen molar-refractivity contribution in [3.8, 4) is 11.4 Å². The van der Waals surface area contributed by atoms with Crippen molar-refractivity contribution < 1.29 is 18.5 Å². The molecule has 2 aromatic carbocycles. The number of benzene rings is 2. The molecule has 0 aliphatic carbocycles. The molecule has 7 nitrogen and oxygen atoms in total. The molecular weight excluding hydrogens is 410 g/mol. The Hall–Kier alpha value is -2.97. The molecule has 1 aromatic heterocycles. The second kappa shape index (κ2) is 8.81. The van der Waals surface area contributed by atoms with E-state index in [1.165, 1.54) is 36.4 Å². The fraction of sp³-hybridized carbons (Fsp3) is 0.111. The lowest BCUT2D eigenvalue weighted by atomic mass is 10.2. The van der Waals surface area contributed by atoms with Gasteiger partial charge in [0.25, 0.3) is 5.91 Å². The number of amides is 2. The van der Waals surface area contributed by atoms with Crippen molar-refractivity contribution in [2.75, 3.05) is 13.1 Å². The first kappa shape index (κ1) is 19.8. The van der Waals surface area contributed by atoms with E-state index in [0.29, 0.717) is 10.6 Å². The van der Waals surface area contributed by atoms with Crippen molar-refractivity contribution in [3.05, 3.63) is 69.8 Å². The first-order chi connectivity index (χ1) is 13.4. The number of hydrogen-bond acceptors (Lipinski definition) is 5. The molecule has 0 unspecified atom stereocenters. The molecule has 144 valence electrons. The fourth-order valence-corrected chi connectivity index (χ4v) is 2.72. The number of halogens is 3. The van der Waals surface area contributed by atoms with Crippen molar-refractivity contribution in [2.24, 2.45) is 0 Å². The average Bonchev–Trinajstić information content (AvgIpc) is 3.15. The van der Waals surface area contributed by atoms with Crippen molar-refractivity contribution in [3.63, 3.8) is 0 Å². The molecule has 3 aromatic rings. The van der Waals surface area contributed by atoms with Crippen molar-refractivity contribution in [2.45, 2.75) is 0 Å². The fourth-order valence-electron chi connectivity index (χ4n) is 2.23. The van der Waals surface area contributed by atoms with Gasteiger partial charge < -0.3 is 15.2 Å². The minimum absolute atomic E-state index is 0.129. The second-order valence-electron chi connectivity index (χ2n) is 5.57. The maximum Gasteiger partial charge on any atom is 0.316 e. The minimum Gasteiger partial charge on any atom is -0.350 e. The molecule has 3 rings (SSSR count). The van der Waals surface area contributed by atoms with E-state index in [4.69, 9.17) is 27.7 Å². The highest BCUT2D eigenvalue weighted by Gasteiger charge is 2.16. The summed E-state index contributed by atoms with van der Waals surface area (Å²) in [5.74, 6) is -1.47. The number of aromatic nitrogens is 2. The summed E-state index contributed by atoms with van der Waals surface area (Å²) in [7, 11) is 0. The van der Waals surface area contributed by atoms with Crippen LogP contribution in [0.25, 0.3) is 11.4 Å². The van der Waals surface area contributed by atoms with E-state index >= 15 is 0 Å². The summed E-state index contributed by atoms with van der Waals surface area (Å²) in [6.07, 6.45) is 0. The molecular formula is C18H13Cl2FN4O3. The zero-order valence-corrected chi connectivity index (χ0v) is 15.7. The van der Waals surface area contributed by atoms with E-state index in [2.05, 4.69) is 20.8 Å². The Labute approximate surface area is 168 Å². The van der Waals surface area contributed by atoms with Crippen LogP contribution >= 0.6 is 23.2 Å². The predicted octanol–water partition coefficient (Wildman–Crippen LogP) is 3.34. The maximum absolute atomic E-state index is 12.9. The van der Waals surface area contributed by atoms with Crippen LogP contribution in [-0.2, 0) is 0 Å². The molecule has 0 aliphatic heterocycles. The highest BCUT2D eigenvalue weighted by atomic mass is 35.5. The van der Waals surface area contributed by atoms with Crippen LogP contribution in [0.4, 0.5) is 4.39 Å². The summed E-state index contributed by atoms with van der Waals surface area (Å²) in [5, 5.41) is 9.50. The van der Waals surface area contributed by atoms with Gasteiger partial charge in [0.15, 0.2) is 0 Å². The van der Waals surface area contributed by atoms with Crippen LogP contribution in [0.15, 0.2) is 47.0 Å². The lowest BCUT2D eigenvalue weighted by Gasteiger charge is -2.07. The molecule has 28 heavy (non-hydrogen) atoms. The molecule has 0 spiro atoms. The van der Waals surface area contributed by atoms with E-state index in [1.54, 1.807) is 6.07 Å². The van der Waals surface area contributed by atoms with Gasteiger partial charge in [-0.2, -0.15) is 4.98 Å². The third-order valence-corrected chi connectivity index (χ3v) is 4.14. The number of nitrogens with one attached hydrogen (secondary N) is 2. The van der Waals surface area contributed by atoms with Gasteiger partial charge in [-0.25, -0.2) is 4.39 Å². The maximum atomic E-state index is 12.9. The zero-order valence-electron chi connectivity index (χ0n) is 14.2. The van der Waals surface area contributed by atoms with Crippen LogP contribution in [0, 0.1) is 5.82 Å². The van der Waals surface area contributed by atoms with Gasteiger partial charge in [-0.05, 0) is 42.5 Å². The lowest BCUT2D eigenvalue weighted by molar-refractivity contribution is 0.0898. The topological polar surface area (TPSA) is 97.1 Å². The quantitative estimate of drug-likeness (QED) is 0.593. The van der Waals surface area contributed by atoms with E-state index < -0.39 is 17.6 Å². The molecule has 2 amide bonds. The molecule has 0 atom stereocenters. The summed E-state index contributed by atoms with van der Waals surface area (Å²) in [5.41, 5.74) is 0.787. The molecule has 0 saturated heterocycles. The molecule has 0 bridgehead atoms. The first-order valence-corrected chi connectivity index (χ1v) is 8.81. The van der Waals surface area contributed by atoms with Crippen LogP contribution in [0.2, 0.25) is 10.0 Å². The van der Waals surface area contributed by atoms with Gasteiger partial charge in [0, 0.05) is 23.7 Å². The summed E-state index contributed by atoms with van der Waals surface area (Å²) in [6, 6.07) is 9.97. The Morgan fingerprint density at radius 1 is 1.00 bits per heavy atom. The van der Waals surface area contributed by atoms with Gasteiger partial charge in [-0.1, -0.05) is 28.4 Å². The Balaban J connectivity index is 1.49. The molecule has 0 fully saturated rings. The largest absolute Gasteiger partial charge is 0.350 e. The molecule has 0 aliphatic rings. The molecule has 2 N–H and O–H groups in total. The Morgan fingerprint density at radius 2 is 1.68 bits per heavy atom. The third-order valence-electron chi connectivity index (χ3n) is 3.59. The van der Waals surface area contributed by atoms with Crippen molar-refractivity contribution >= 4 is 35.0 Å². The number of hydrogen-bond donors (Lipinski definition) is 2. The van der Waals surface area contributed by atoms with Crippen molar-refractivity contribution in [1.82, 2.24) is 20.8 Å². The minimum atomic E-state index is -0.598. The van der Waals surface area contributed by atoms with Gasteiger partial charge in [-0.15, -0.1) is 0 Å². The zero-order chi connectivity index (χ0) is 20.1. The normalized spacial score (nSPS) is 10.5. The lowest BCUT2D eigenvalue weighted by Crippen LogP contribution is -2.34. The smallest absolute Gasteiger partial charge is 0.316 e. The van der Waals surface area contributed by atoms with Gasteiger partial charge in [0.2, 0.25) is 5.82 Å². The molecule has 10 heteroatoms. The van der Waals surface area contributed by atoms with Crippen LogP contribution in [-0.4, -0.2) is 35.0 Å². The highest BCUT2D eigenvalue weighted by Crippen LogP contribution is 2.20. The van der Waals surface area contributed by atoms with Gasteiger partial charge in [-0.3, -0.25) is 9.59 Å². The number of rotatable bonds is 6. The Morgan fingerprint density at radius 3 is 2.36 bits per heavy atom. The molecule has 0 radical (unpaired) electrons. The third kappa shape index (κ3) is 4.85. The van der Waals surface area contributed by atoms with Gasteiger partial charge in [0.05, 0.1) is 10.6 Å². The van der Waals surface area contributed by atoms with Gasteiger partial charge in [0.1, 0.15) is 5.82 Å². The summed E-state index contributed by atoms with van der Waals surface area (Å²) in [4.78, 5) is 28.1. The standard InChI is InChI=1S/C18H13Cl2FN4O3/c19-11-3-6-13(14(20)9-11)16(26)22-7-8-23-17(27)18-24-15(25-28-18)10-1-4-12(21)5-2-10/h1-6,9H,7-8H2,(H,22,26)(H,23,27). The van der Waals surface area contributed by atoms with E-state index in [9.17, 15) is 14.0 Å². The van der Waals surface area contributed by atoms with Crippen molar-refractivity contribution in [1.29, 1.82) is 0 Å². The Bertz CT molecular complexity index is 1010. The average molecular weight is 423 g/mol. The SMILES string of the molecule is O=C(NCCNC(=O)c1ccc(Cl)cc1Cl)c1nc(-c2ccc(F)cc2)no1. The van der Waals surface area contributed by atoms with E-state index in [0.717, 1.165) is 0 Å². The predicted molar refractivity (Wildman–Crippen MR) is 101 cm³/mol. The van der Waals surface area contributed by atoms with Crippen LogP contribution in [0.3, 0.4) is 0 Å². The number of carbonyl (C=O) groups excluding carboxylic acids is 2. The summed E-state index contributed by atoms with van der Waals surface area (Å²) < 4.78 is 17.8. The first-order valence-electron chi connectivity index (χ1n) is 8.05. The monoisotopic (exact) mass is 422 g/mol. The molecule has 1 heterocycles. The second-order valence-corrected chi connectivity index (χ2v) is 6.41. The number of nitrogens with zero attached hydrogens (tertiary/aromatic N) is 2. The van der Waals surface area contributed by atoms with Crippen LogP contribution in [0.5, 0.6) is 0 Å². The van der Waals surface area contributed by atoms with Crippen LogP contribution < -0.4 is 10.6 Å². The number of carbonyl (C=O) groups is 2. The van der Waals surface area contributed by atoms with E-state index in [1.807, 2.05) is 0 Å².